The van der Waals surface area contributed by atoms with Gasteiger partial charge >= 0.3 is 5.97 Å². The van der Waals surface area contributed by atoms with Gasteiger partial charge in [0.05, 0.1) is 35.8 Å². The zero-order valence-electron chi connectivity index (χ0n) is 19.1. The normalized spacial score (nSPS) is 10.9. The molecule has 0 aliphatic carbocycles. The Morgan fingerprint density at radius 1 is 0.886 bits per heavy atom. The van der Waals surface area contributed by atoms with Crippen molar-refractivity contribution in [1.29, 1.82) is 0 Å². The second-order valence-corrected chi connectivity index (χ2v) is 7.94. The Bertz CT molecular complexity index is 1560. The zero-order chi connectivity index (χ0) is 24.5. The maximum atomic E-state index is 12.5. The molecule has 0 saturated heterocycles. The number of hydrogen-bond acceptors (Lipinski definition) is 7. The average Bonchev–Trinajstić information content (AvgIpc) is 3.33. The molecule has 0 bridgehead atoms. The molecule has 2 aromatic carbocycles. The van der Waals surface area contributed by atoms with Gasteiger partial charge in [0.1, 0.15) is 5.82 Å². The van der Waals surface area contributed by atoms with E-state index in [2.05, 4.69) is 10.1 Å². The number of hydrogen-bond donors (Lipinski definition) is 1. The first kappa shape index (κ1) is 22.0. The van der Waals surface area contributed by atoms with Crippen molar-refractivity contribution in [3.8, 4) is 33.6 Å². The lowest BCUT2D eigenvalue weighted by Gasteiger charge is -2.12. The number of nitrogens with two attached hydrogens (primary N) is 1. The monoisotopic (exact) mass is 463 g/mol. The third kappa shape index (κ3) is 3.91. The van der Waals surface area contributed by atoms with Gasteiger partial charge in [0.15, 0.2) is 11.4 Å². The molecular formula is C27H21N5O3. The molecule has 0 saturated carbocycles. The fourth-order valence-electron chi connectivity index (χ4n) is 3.99. The van der Waals surface area contributed by atoms with E-state index in [1.54, 1.807) is 36.7 Å². The number of ketones is 1. The van der Waals surface area contributed by atoms with Gasteiger partial charge in [0.2, 0.25) is 0 Å². The van der Waals surface area contributed by atoms with E-state index in [9.17, 15) is 9.59 Å². The Morgan fingerprint density at radius 3 is 2.23 bits per heavy atom. The number of carbonyl (C=O) groups is 2. The Morgan fingerprint density at radius 2 is 1.60 bits per heavy atom. The van der Waals surface area contributed by atoms with E-state index in [4.69, 9.17) is 15.5 Å². The van der Waals surface area contributed by atoms with Crippen LogP contribution in [0.25, 0.3) is 39.3 Å². The molecule has 0 amide bonds. The van der Waals surface area contributed by atoms with Gasteiger partial charge in [-0.1, -0.05) is 48.5 Å². The highest BCUT2D eigenvalue weighted by Crippen LogP contribution is 2.32. The Labute approximate surface area is 201 Å². The molecule has 8 nitrogen and oxygen atoms in total. The number of pyridine rings is 1. The van der Waals surface area contributed by atoms with Gasteiger partial charge in [0.25, 0.3) is 0 Å². The van der Waals surface area contributed by atoms with Crippen molar-refractivity contribution >= 4 is 23.2 Å². The molecule has 3 heterocycles. The quantitative estimate of drug-likeness (QED) is 0.297. The number of esters is 1. The van der Waals surface area contributed by atoms with Crippen LogP contribution in [0.4, 0.5) is 5.82 Å². The molecule has 0 fully saturated rings. The average molecular weight is 463 g/mol. The summed E-state index contributed by atoms with van der Waals surface area (Å²) in [4.78, 5) is 33.7. The summed E-state index contributed by atoms with van der Waals surface area (Å²) in [5.41, 5.74) is 12.0. The summed E-state index contributed by atoms with van der Waals surface area (Å²) < 4.78 is 6.23. The maximum Gasteiger partial charge on any atom is 0.337 e. The summed E-state index contributed by atoms with van der Waals surface area (Å²) in [5.74, 6) is -0.500. The molecule has 0 spiro atoms. The van der Waals surface area contributed by atoms with Crippen LogP contribution in [0.2, 0.25) is 0 Å². The van der Waals surface area contributed by atoms with E-state index in [1.165, 1.54) is 18.5 Å². The van der Waals surface area contributed by atoms with E-state index in [0.29, 0.717) is 22.5 Å². The van der Waals surface area contributed by atoms with Gasteiger partial charge in [-0.3, -0.25) is 9.78 Å². The molecule has 3 aromatic heterocycles. The van der Waals surface area contributed by atoms with Gasteiger partial charge in [-0.05, 0) is 25.1 Å². The number of benzene rings is 2. The van der Waals surface area contributed by atoms with Crippen LogP contribution < -0.4 is 5.73 Å². The minimum atomic E-state index is -0.448. The molecule has 0 aliphatic heterocycles. The molecule has 8 heteroatoms. The van der Waals surface area contributed by atoms with Crippen molar-refractivity contribution < 1.29 is 14.3 Å². The van der Waals surface area contributed by atoms with Gasteiger partial charge in [-0.15, -0.1) is 0 Å². The molecule has 5 rings (SSSR count). The number of Topliss-reactive ketones (excluding diaryl/α,β-unsaturated/α-hetero) is 1. The fraction of sp³-hybridized carbons (Fsp3) is 0.0741. The molecule has 172 valence electrons. The lowest BCUT2D eigenvalue weighted by atomic mass is 10.0. The molecule has 5 aromatic rings. The number of aromatic nitrogens is 4. The number of nitrogen functional groups attached to an aromatic ring is 1. The van der Waals surface area contributed by atoms with Crippen LogP contribution in [0.1, 0.15) is 27.6 Å². The highest BCUT2D eigenvalue weighted by Gasteiger charge is 2.22. The van der Waals surface area contributed by atoms with Crippen LogP contribution in [0.15, 0.2) is 79.1 Å². The van der Waals surface area contributed by atoms with Gasteiger partial charge in [0, 0.05) is 28.5 Å². The number of fused-ring (bicyclic) bond motifs is 1. The highest BCUT2D eigenvalue weighted by atomic mass is 16.5. The third-order valence-corrected chi connectivity index (χ3v) is 5.76. The first-order valence-corrected chi connectivity index (χ1v) is 10.9. The molecule has 35 heavy (non-hydrogen) atoms. The van der Waals surface area contributed by atoms with E-state index in [0.717, 1.165) is 22.4 Å². The number of ether oxygens (including phenoxy) is 1. The lowest BCUT2D eigenvalue weighted by Crippen LogP contribution is -2.11. The first-order chi connectivity index (χ1) is 17.0. The zero-order valence-corrected chi connectivity index (χ0v) is 19.1. The van der Waals surface area contributed by atoms with Crippen molar-refractivity contribution in [2.75, 3.05) is 12.8 Å². The third-order valence-electron chi connectivity index (χ3n) is 5.76. The molecule has 0 unspecified atom stereocenters. The largest absolute Gasteiger partial charge is 0.465 e. The topological polar surface area (TPSA) is 112 Å². The number of anilines is 1. The highest BCUT2D eigenvalue weighted by molar-refractivity contribution is 6.05. The predicted octanol–water partition coefficient (Wildman–Crippen LogP) is 4.70. The van der Waals surface area contributed by atoms with Crippen molar-refractivity contribution in [3.63, 3.8) is 0 Å². The number of rotatable bonds is 5. The summed E-state index contributed by atoms with van der Waals surface area (Å²) in [7, 11) is 1.32. The molecule has 0 atom stereocenters. The SMILES string of the molecule is COC(=O)c1ccc(-c2nc3c(-c4ccc(-c5ccccc5)nc4)cnn3c(N)c2C(C)=O)cc1. The van der Waals surface area contributed by atoms with Crippen LogP contribution in [0, 0.1) is 0 Å². The second-order valence-electron chi connectivity index (χ2n) is 7.94. The minimum Gasteiger partial charge on any atom is -0.465 e. The van der Waals surface area contributed by atoms with Crippen molar-refractivity contribution in [2.24, 2.45) is 0 Å². The van der Waals surface area contributed by atoms with Crippen LogP contribution >= 0.6 is 0 Å². The Balaban J connectivity index is 1.63. The van der Waals surface area contributed by atoms with Gasteiger partial charge < -0.3 is 10.5 Å². The molecule has 0 radical (unpaired) electrons. The van der Waals surface area contributed by atoms with Crippen molar-refractivity contribution in [3.05, 3.63) is 90.3 Å². The van der Waals surface area contributed by atoms with E-state index >= 15 is 0 Å². The molecule has 2 N–H and O–H groups in total. The van der Waals surface area contributed by atoms with Crippen molar-refractivity contribution in [1.82, 2.24) is 19.6 Å². The van der Waals surface area contributed by atoms with E-state index < -0.39 is 5.97 Å². The second kappa shape index (κ2) is 8.83. The minimum absolute atomic E-state index is 0.189. The summed E-state index contributed by atoms with van der Waals surface area (Å²) in [6, 6.07) is 20.5. The summed E-state index contributed by atoms with van der Waals surface area (Å²) in [5, 5.41) is 4.39. The lowest BCUT2D eigenvalue weighted by molar-refractivity contribution is 0.0600. The number of methoxy groups -OCH3 is 1. The van der Waals surface area contributed by atoms with Crippen LogP contribution in [-0.4, -0.2) is 38.4 Å². The summed E-state index contributed by atoms with van der Waals surface area (Å²) in [6.07, 6.45) is 3.42. The fourth-order valence-corrected chi connectivity index (χ4v) is 3.99. The Hall–Kier alpha value is -4.85. The summed E-state index contributed by atoms with van der Waals surface area (Å²) in [6.45, 7) is 1.43. The predicted molar refractivity (Wildman–Crippen MR) is 133 cm³/mol. The molecule has 0 aliphatic rings. The van der Waals surface area contributed by atoms with Crippen LogP contribution in [0.3, 0.4) is 0 Å². The Kier molecular flexibility index (Phi) is 5.54. The van der Waals surface area contributed by atoms with Gasteiger partial charge in [-0.25, -0.2) is 9.78 Å². The van der Waals surface area contributed by atoms with E-state index in [1.807, 2.05) is 42.5 Å². The number of nitrogens with zero attached hydrogens (tertiary/aromatic N) is 4. The van der Waals surface area contributed by atoms with E-state index in [-0.39, 0.29) is 17.2 Å². The number of carbonyl (C=O) groups excluding carboxylic acids is 2. The maximum absolute atomic E-state index is 12.5. The van der Waals surface area contributed by atoms with Crippen LogP contribution in [0.5, 0.6) is 0 Å². The summed E-state index contributed by atoms with van der Waals surface area (Å²) >= 11 is 0. The molecular weight excluding hydrogens is 442 g/mol. The smallest absolute Gasteiger partial charge is 0.337 e. The van der Waals surface area contributed by atoms with Crippen molar-refractivity contribution in [2.45, 2.75) is 6.92 Å². The van der Waals surface area contributed by atoms with Crippen LogP contribution in [-0.2, 0) is 4.74 Å². The van der Waals surface area contributed by atoms with Gasteiger partial charge in [-0.2, -0.15) is 9.61 Å². The standard InChI is InChI=1S/C27H21N5O3/c1-16(33)23-24(18-8-10-19(11-9-18)27(34)35-2)31-26-21(15-30-32(26)25(23)28)20-12-13-22(29-14-20)17-6-4-3-5-7-17/h3-15H,28H2,1-2H3. The first-order valence-electron chi connectivity index (χ1n) is 10.9.